The highest BCUT2D eigenvalue weighted by Crippen LogP contribution is 2.41. The SMILES string of the molecule is c1ccc(-c2ccc(N(c3ccc(-c4ccc(-c5ccccc5)c5ccccc45)cc3)c3ccc4c(c3)oc3ccccc34)cc2)cc1. The summed E-state index contributed by atoms with van der Waals surface area (Å²) in [7, 11) is 0. The third-order valence-corrected chi connectivity index (χ3v) is 9.30. The second-order valence-corrected chi connectivity index (χ2v) is 12.1. The van der Waals surface area contributed by atoms with E-state index >= 15 is 0 Å². The van der Waals surface area contributed by atoms with Crippen LogP contribution in [0.15, 0.2) is 192 Å². The number of anilines is 3. The van der Waals surface area contributed by atoms with Crippen LogP contribution in [0.1, 0.15) is 0 Å². The van der Waals surface area contributed by atoms with E-state index < -0.39 is 0 Å². The Bertz CT molecular complexity index is 2530. The van der Waals surface area contributed by atoms with Crippen molar-refractivity contribution in [3.63, 3.8) is 0 Å². The number of benzene rings is 8. The van der Waals surface area contributed by atoms with E-state index in [1.54, 1.807) is 0 Å². The predicted octanol–water partition coefficient (Wildman–Crippen LogP) is 13.2. The van der Waals surface area contributed by atoms with Gasteiger partial charge in [-0.2, -0.15) is 0 Å². The van der Waals surface area contributed by atoms with Crippen LogP contribution >= 0.6 is 0 Å². The average molecular weight is 614 g/mol. The lowest BCUT2D eigenvalue weighted by Crippen LogP contribution is -2.09. The summed E-state index contributed by atoms with van der Waals surface area (Å²) in [5, 5.41) is 4.75. The third kappa shape index (κ3) is 4.92. The molecule has 1 aromatic heterocycles. The smallest absolute Gasteiger partial charge is 0.137 e. The quantitative estimate of drug-likeness (QED) is 0.185. The molecule has 0 bridgehead atoms. The Labute approximate surface area is 279 Å². The van der Waals surface area contributed by atoms with Crippen molar-refractivity contribution in [2.75, 3.05) is 4.90 Å². The molecular weight excluding hydrogens is 583 g/mol. The van der Waals surface area contributed by atoms with Gasteiger partial charge in [-0.15, -0.1) is 0 Å². The van der Waals surface area contributed by atoms with Crippen molar-refractivity contribution in [1.29, 1.82) is 0 Å². The topological polar surface area (TPSA) is 16.4 Å². The van der Waals surface area contributed by atoms with E-state index in [0.717, 1.165) is 39.0 Å². The van der Waals surface area contributed by atoms with Gasteiger partial charge in [0.25, 0.3) is 0 Å². The summed E-state index contributed by atoms with van der Waals surface area (Å²) in [6.45, 7) is 0. The van der Waals surface area contributed by atoms with E-state index in [1.165, 1.54) is 44.2 Å². The van der Waals surface area contributed by atoms with Gasteiger partial charge in [0.15, 0.2) is 0 Å². The van der Waals surface area contributed by atoms with E-state index in [2.05, 4.69) is 181 Å². The van der Waals surface area contributed by atoms with E-state index in [0.29, 0.717) is 0 Å². The number of fused-ring (bicyclic) bond motifs is 4. The van der Waals surface area contributed by atoms with Crippen LogP contribution in [-0.4, -0.2) is 0 Å². The Hall–Kier alpha value is -6.38. The van der Waals surface area contributed by atoms with Crippen LogP contribution in [0, 0.1) is 0 Å². The molecule has 0 spiro atoms. The van der Waals surface area contributed by atoms with Gasteiger partial charge in [0, 0.05) is 33.9 Å². The Kier molecular flexibility index (Phi) is 6.84. The van der Waals surface area contributed by atoms with Crippen LogP contribution in [0.3, 0.4) is 0 Å². The highest BCUT2D eigenvalue weighted by molar-refractivity contribution is 6.07. The molecule has 0 saturated heterocycles. The molecule has 0 aliphatic carbocycles. The highest BCUT2D eigenvalue weighted by Gasteiger charge is 2.17. The summed E-state index contributed by atoms with van der Waals surface area (Å²) in [6.07, 6.45) is 0. The fourth-order valence-electron chi connectivity index (χ4n) is 6.94. The van der Waals surface area contributed by atoms with Crippen molar-refractivity contribution in [2.24, 2.45) is 0 Å². The second kappa shape index (κ2) is 11.8. The molecule has 0 unspecified atom stereocenters. The molecule has 226 valence electrons. The monoisotopic (exact) mass is 613 g/mol. The highest BCUT2D eigenvalue weighted by atomic mass is 16.3. The lowest BCUT2D eigenvalue weighted by atomic mass is 9.92. The lowest BCUT2D eigenvalue weighted by molar-refractivity contribution is 0.669. The molecule has 0 saturated carbocycles. The molecule has 9 rings (SSSR count). The Morgan fingerprint density at radius 3 is 1.35 bits per heavy atom. The number of hydrogen-bond donors (Lipinski definition) is 0. The van der Waals surface area contributed by atoms with Gasteiger partial charge in [0.05, 0.1) is 0 Å². The first kappa shape index (κ1) is 27.9. The zero-order valence-electron chi connectivity index (χ0n) is 26.3. The maximum atomic E-state index is 6.32. The van der Waals surface area contributed by atoms with Gasteiger partial charge in [-0.25, -0.2) is 0 Å². The van der Waals surface area contributed by atoms with Gasteiger partial charge in [-0.1, -0.05) is 140 Å². The van der Waals surface area contributed by atoms with Crippen molar-refractivity contribution >= 4 is 49.8 Å². The van der Waals surface area contributed by atoms with Gasteiger partial charge in [0.1, 0.15) is 11.2 Å². The van der Waals surface area contributed by atoms with Gasteiger partial charge in [-0.3, -0.25) is 0 Å². The molecule has 0 radical (unpaired) electrons. The Morgan fingerprint density at radius 1 is 0.292 bits per heavy atom. The van der Waals surface area contributed by atoms with Gasteiger partial charge in [0.2, 0.25) is 0 Å². The van der Waals surface area contributed by atoms with Crippen molar-refractivity contribution in [3.05, 3.63) is 188 Å². The van der Waals surface area contributed by atoms with E-state index in [9.17, 15) is 0 Å². The van der Waals surface area contributed by atoms with E-state index in [-0.39, 0.29) is 0 Å². The fourth-order valence-corrected chi connectivity index (χ4v) is 6.94. The first-order valence-electron chi connectivity index (χ1n) is 16.3. The molecule has 0 aliphatic heterocycles. The average Bonchev–Trinajstić information content (AvgIpc) is 3.54. The molecule has 9 aromatic rings. The van der Waals surface area contributed by atoms with Gasteiger partial charge < -0.3 is 9.32 Å². The maximum absolute atomic E-state index is 6.32. The van der Waals surface area contributed by atoms with Crippen LogP contribution in [-0.2, 0) is 0 Å². The number of rotatable bonds is 6. The normalized spacial score (nSPS) is 11.3. The minimum absolute atomic E-state index is 0.876. The molecule has 8 aromatic carbocycles. The van der Waals surface area contributed by atoms with Crippen molar-refractivity contribution < 1.29 is 4.42 Å². The minimum atomic E-state index is 0.876. The Morgan fingerprint density at radius 2 is 0.729 bits per heavy atom. The number of para-hydroxylation sites is 1. The number of hydrogen-bond acceptors (Lipinski definition) is 2. The summed E-state index contributed by atoms with van der Waals surface area (Å²) in [5.41, 5.74) is 12.2. The van der Waals surface area contributed by atoms with Crippen molar-refractivity contribution in [2.45, 2.75) is 0 Å². The van der Waals surface area contributed by atoms with Crippen LogP contribution in [0.5, 0.6) is 0 Å². The molecular formula is C46H31NO. The van der Waals surface area contributed by atoms with Crippen LogP contribution in [0.25, 0.3) is 66.1 Å². The first-order chi connectivity index (χ1) is 23.8. The minimum Gasteiger partial charge on any atom is -0.456 e. The standard InChI is InChI=1S/C46H31NO/c1-3-11-32(12-4-1)33-19-23-36(24-20-33)47(38-27-28-44-43-17-9-10-18-45(43)48-46(44)31-38)37-25-21-35(22-26-37)40-30-29-39(34-13-5-2-6-14-34)41-15-7-8-16-42(40)41/h1-31H. The molecule has 0 fully saturated rings. The Balaban J connectivity index is 1.14. The van der Waals surface area contributed by atoms with Crippen LogP contribution in [0.2, 0.25) is 0 Å². The third-order valence-electron chi connectivity index (χ3n) is 9.30. The van der Waals surface area contributed by atoms with Crippen molar-refractivity contribution in [3.8, 4) is 33.4 Å². The molecule has 48 heavy (non-hydrogen) atoms. The van der Waals surface area contributed by atoms with Crippen LogP contribution < -0.4 is 4.90 Å². The van der Waals surface area contributed by atoms with Gasteiger partial charge >= 0.3 is 0 Å². The first-order valence-corrected chi connectivity index (χ1v) is 16.3. The number of nitrogens with zero attached hydrogens (tertiary/aromatic N) is 1. The molecule has 0 N–H and O–H groups in total. The number of furan rings is 1. The summed E-state index contributed by atoms with van der Waals surface area (Å²) in [5.74, 6) is 0. The summed E-state index contributed by atoms with van der Waals surface area (Å²) >= 11 is 0. The molecule has 0 atom stereocenters. The molecule has 1 heterocycles. The maximum Gasteiger partial charge on any atom is 0.137 e. The zero-order valence-corrected chi connectivity index (χ0v) is 26.3. The fraction of sp³-hybridized carbons (Fsp3) is 0. The molecule has 2 nitrogen and oxygen atoms in total. The summed E-state index contributed by atoms with van der Waals surface area (Å²) in [4.78, 5) is 2.31. The molecule has 0 aliphatic rings. The molecule has 2 heteroatoms. The lowest BCUT2D eigenvalue weighted by Gasteiger charge is -2.26. The molecule has 0 amide bonds. The second-order valence-electron chi connectivity index (χ2n) is 12.1. The predicted molar refractivity (Wildman–Crippen MR) is 202 cm³/mol. The van der Waals surface area contributed by atoms with E-state index in [1.807, 2.05) is 12.1 Å². The summed E-state index contributed by atoms with van der Waals surface area (Å²) in [6, 6.07) is 66.9. The summed E-state index contributed by atoms with van der Waals surface area (Å²) < 4.78 is 6.32. The van der Waals surface area contributed by atoms with Gasteiger partial charge in [-0.05, 0) is 86.6 Å². The zero-order chi connectivity index (χ0) is 31.9. The van der Waals surface area contributed by atoms with E-state index in [4.69, 9.17) is 4.42 Å². The largest absolute Gasteiger partial charge is 0.456 e. The van der Waals surface area contributed by atoms with Crippen LogP contribution in [0.4, 0.5) is 17.1 Å². The van der Waals surface area contributed by atoms with Crippen molar-refractivity contribution in [1.82, 2.24) is 0 Å².